The van der Waals surface area contributed by atoms with Crippen LogP contribution in [0.1, 0.15) is 36.5 Å². The molecule has 0 aliphatic heterocycles. The molecule has 20 heavy (non-hydrogen) atoms. The van der Waals surface area contributed by atoms with Crippen molar-refractivity contribution in [3.63, 3.8) is 0 Å². The standard InChI is InChI=1S/C14H17BrN2O3/c1-8(9-3-2-4-9)16-14(20)17-12-6-5-10(13(18)19)7-11(12)15/h5-9H,2-4H2,1H3,(H,18,19)(H2,16,17,20). The van der Waals surface area contributed by atoms with Gasteiger partial charge in [-0.25, -0.2) is 9.59 Å². The van der Waals surface area contributed by atoms with Crippen molar-refractivity contribution in [2.75, 3.05) is 5.32 Å². The van der Waals surface area contributed by atoms with Gasteiger partial charge in [-0.1, -0.05) is 6.42 Å². The molecule has 108 valence electrons. The normalized spacial score (nSPS) is 16.1. The van der Waals surface area contributed by atoms with Crippen LogP contribution in [0, 0.1) is 5.92 Å². The summed E-state index contributed by atoms with van der Waals surface area (Å²) in [6, 6.07) is 4.38. The first-order chi connectivity index (χ1) is 9.47. The number of carboxylic acid groups (broad SMARTS) is 1. The summed E-state index contributed by atoms with van der Waals surface area (Å²) < 4.78 is 0.545. The molecule has 0 heterocycles. The molecule has 1 unspecified atom stereocenters. The summed E-state index contributed by atoms with van der Waals surface area (Å²) >= 11 is 3.26. The molecular formula is C14H17BrN2O3. The fourth-order valence-corrected chi connectivity index (χ4v) is 2.65. The molecule has 1 aliphatic rings. The molecule has 0 radical (unpaired) electrons. The average molecular weight is 341 g/mol. The van der Waals surface area contributed by atoms with Gasteiger partial charge in [-0.15, -0.1) is 0 Å². The summed E-state index contributed by atoms with van der Waals surface area (Å²) in [6.45, 7) is 2.01. The van der Waals surface area contributed by atoms with Crippen molar-refractivity contribution in [3.05, 3.63) is 28.2 Å². The van der Waals surface area contributed by atoms with Crippen LogP contribution in [0.5, 0.6) is 0 Å². The molecule has 3 N–H and O–H groups in total. The second-order valence-electron chi connectivity index (χ2n) is 5.08. The number of carboxylic acids is 1. The lowest BCUT2D eigenvalue weighted by molar-refractivity contribution is 0.0697. The molecule has 0 aromatic heterocycles. The minimum Gasteiger partial charge on any atom is -0.478 e. The number of halogens is 1. The zero-order valence-electron chi connectivity index (χ0n) is 11.1. The third-order valence-electron chi connectivity index (χ3n) is 3.68. The van der Waals surface area contributed by atoms with E-state index in [1.54, 1.807) is 6.07 Å². The minimum atomic E-state index is -1.000. The van der Waals surface area contributed by atoms with Gasteiger partial charge in [0.2, 0.25) is 0 Å². The summed E-state index contributed by atoms with van der Waals surface area (Å²) in [4.78, 5) is 22.7. The van der Waals surface area contributed by atoms with Crippen molar-refractivity contribution in [2.45, 2.75) is 32.2 Å². The van der Waals surface area contributed by atoms with Crippen molar-refractivity contribution in [3.8, 4) is 0 Å². The molecule has 0 bridgehead atoms. The average Bonchev–Trinajstić information content (AvgIpc) is 2.28. The van der Waals surface area contributed by atoms with Gasteiger partial charge in [0.25, 0.3) is 0 Å². The highest BCUT2D eigenvalue weighted by molar-refractivity contribution is 9.10. The molecule has 1 fully saturated rings. The zero-order chi connectivity index (χ0) is 14.7. The van der Waals surface area contributed by atoms with Gasteiger partial charge in [0.05, 0.1) is 11.3 Å². The van der Waals surface area contributed by atoms with Gasteiger partial charge < -0.3 is 15.7 Å². The molecule has 5 nitrogen and oxygen atoms in total. The van der Waals surface area contributed by atoms with E-state index in [-0.39, 0.29) is 17.6 Å². The van der Waals surface area contributed by atoms with Gasteiger partial charge in [0, 0.05) is 10.5 Å². The molecule has 1 saturated carbocycles. The molecule has 1 aromatic carbocycles. The molecule has 1 aliphatic carbocycles. The number of carbonyl (C=O) groups excluding carboxylic acids is 1. The molecule has 2 amide bonds. The van der Waals surface area contributed by atoms with Gasteiger partial charge in [0.15, 0.2) is 0 Å². The van der Waals surface area contributed by atoms with Gasteiger partial charge in [-0.3, -0.25) is 0 Å². The predicted molar refractivity (Wildman–Crippen MR) is 80.1 cm³/mol. The Morgan fingerprint density at radius 2 is 2.10 bits per heavy atom. The quantitative estimate of drug-likeness (QED) is 0.785. The highest BCUT2D eigenvalue weighted by Gasteiger charge is 2.25. The van der Waals surface area contributed by atoms with Crippen LogP contribution < -0.4 is 10.6 Å². The Hall–Kier alpha value is -1.56. The fourth-order valence-electron chi connectivity index (χ4n) is 2.17. The Kier molecular flexibility index (Phi) is 4.65. The van der Waals surface area contributed by atoms with Gasteiger partial charge in [-0.2, -0.15) is 0 Å². The van der Waals surface area contributed by atoms with Crippen LogP contribution in [0.3, 0.4) is 0 Å². The fraction of sp³-hybridized carbons (Fsp3) is 0.429. The third kappa shape index (κ3) is 3.50. The number of anilines is 1. The molecule has 1 atom stereocenters. The number of urea groups is 1. The van der Waals surface area contributed by atoms with Crippen molar-refractivity contribution in [1.29, 1.82) is 0 Å². The Balaban J connectivity index is 1.95. The van der Waals surface area contributed by atoms with Crippen LogP contribution in [-0.4, -0.2) is 23.1 Å². The SMILES string of the molecule is CC(NC(=O)Nc1ccc(C(=O)O)cc1Br)C1CCC1. The molecule has 0 spiro atoms. The maximum absolute atomic E-state index is 11.9. The largest absolute Gasteiger partial charge is 0.478 e. The van der Waals surface area contributed by atoms with Gasteiger partial charge in [-0.05, 0) is 59.8 Å². The van der Waals surface area contributed by atoms with E-state index in [2.05, 4.69) is 26.6 Å². The Bertz CT molecular complexity index is 529. The van der Waals surface area contributed by atoms with Crippen LogP contribution in [0.2, 0.25) is 0 Å². The second-order valence-corrected chi connectivity index (χ2v) is 5.93. The monoisotopic (exact) mass is 340 g/mol. The summed E-state index contributed by atoms with van der Waals surface area (Å²) in [5, 5.41) is 14.5. The van der Waals surface area contributed by atoms with E-state index in [4.69, 9.17) is 5.11 Å². The topological polar surface area (TPSA) is 78.4 Å². The minimum absolute atomic E-state index is 0.154. The van der Waals surface area contributed by atoms with Crippen LogP contribution in [0.25, 0.3) is 0 Å². The van der Waals surface area contributed by atoms with Crippen molar-refractivity contribution in [1.82, 2.24) is 5.32 Å². The van der Waals surface area contributed by atoms with Crippen molar-refractivity contribution in [2.24, 2.45) is 5.92 Å². The van der Waals surface area contributed by atoms with E-state index >= 15 is 0 Å². The smallest absolute Gasteiger partial charge is 0.335 e. The lowest BCUT2D eigenvalue weighted by Crippen LogP contribution is -2.42. The maximum atomic E-state index is 11.9. The molecule has 2 rings (SSSR count). The third-order valence-corrected chi connectivity index (χ3v) is 4.34. The Morgan fingerprint density at radius 3 is 2.60 bits per heavy atom. The number of nitrogens with one attached hydrogen (secondary N) is 2. The highest BCUT2D eigenvalue weighted by atomic mass is 79.9. The Morgan fingerprint density at radius 1 is 1.40 bits per heavy atom. The number of rotatable bonds is 4. The summed E-state index contributed by atoms with van der Waals surface area (Å²) in [5.74, 6) is -0.432. The number of carbonyl (C=O) groups is 2. The van der Waals surface area contributed by atoms with E-state index in [1.807, 2.05) is 6.92 Å². The van der Waals surface area contributed by atoms with E-state index in [0.29, 0.717) is 16.1 Å². The zero-order valence-corrected chi connectivity index (χ0v) is 12.7. The van der Waals surface area contributed by atoms with E-state index in [9.17, 15) is 9.59 Å². The first-order valence-corrected chi connectivity index (χ1v) is 7.37. The first kappa shape index (κ1) is 14.8. The van der Waals surface area contributed by atoms with Crippen molar-refractivity contribution >= 4 is 33.6 Å². The lowest BCUT2D eigenvalue weighted by Gasteiger charge is -2.31. The van der Waals surface area contributed by atoms with E-state index < -0.39 is 5.97 Å². The van der Waals surface area contributed by atoms with E-state index in [1.165, 1.54) is 31.4 Å². The van der Waals surface area contributed by atoms with Gasteiger partial charge in [0.1, 0.15) is 0 Å². The first-order valence-electron chi connectivity index (χ1n) is 6.57. The van der Waals surface area contributed by atoms with Crippen LogP contribution in [0.15, 0.2) is 22.7 Å². The lowest BCUT2D eigenvalue weighted by atomic mass is 9.80. The van der Waals surface area contributed by atoms with E-state index in [0.717, 1.165) is 0 Å². The van der Waals surface area contributed by atoms with Crippen LogP contribution in [0.4, 0.5) is 10.5 Å². The highest BCUT2D eigenvalue weighted by Crippen LogP contribution is 2.29. The summed E-state index contributed by atoms with van der Waals surface area (Å²) in [5.41, 5.74) is 0.721. The number of hydrogen-bond acceptors (Lipinski definition) is 2. The molecule has 0 saturated heterocycles. The summed E-state index contributed by atoms with van der Waals surface area (Å²) in [7, 11) is 0. The molecule has 6 heteroatoms. The van der Waals surface area contributed by atoms with Crippen LogP contribution in [-0.2, 0) is 0 Å². The molecule has 1 aromatic rings. The molecular weight excluding hydrogens is 324 g/mol. The number of benzene rings is 1. The number of hydrogen-bond donors (Lipinski definition) is 3. The number of amides is 2. The number of aromatic carboxylic acids is 1. The van der Waals surface area contributed by atoms with Gasteiger partial charge >= 0.3 is 12.0 Å². The predicted octanol–water partition coefficient (Wildman–Crippen LogP) is 3.46. The Labute approximate surface area is 125 Å². The van der Waals surface area contributed by atoms with Crippen molar-refractivity contribution < 1.29 is 14.7 Å². The summed E-state index contributed by atoms with van der Waals surface area (Å²) in [6.07, 6.45) is 3.57. The maximum Gasteiger partial charge on any atom is 0.335 e. The second kappa shape index (κ2) is 6.26. The van der Waals surface area contributed by atoms with Crippen LogP contribution >= 0.6 is 15.9 Å².